The van der Waals surface area contributed by atoms with Crippen LogP contribution in [0.15, 0.2) is 212 Å². The largest absolute Gasteiger partial charge is 0.309 e. The Morgan fingerprint density at radius 2 is 0.845 bits per heavy atom. The molecule has 1 heterocycles. The van der Waals surface area contributed by atoms with Gasteiger partial charge in [-0.2, -0.15) is 0 Å². The maximum Gasteiger partial charge on any atom is 0.0555 e. The summed E-state index contributed by atoms with van der Waals surface area (Å²) < 4.78 is 2.61. The van der Waals surface area contributed by atoms with Crippen molar-refractivity contribution >= 4 is 102 Å². The lowest BCUT2D eigenvalue weighted by molar-refractivity contribution is 1.31. The van der Waals surface area contributed by atoms with Gasteiger partial charge in [-0.1, -0.05) is 176 Å². The molecule has 0 spiro atoms. The highest BCUT2D eigenvalue weighted by atomic mass is 32.1. The summed E-state index contributed by atoms with van der Waals surface area (Å²) in [5.74, 6) is 0. The highest BCUT2D eigenvalue weighted by molar-refractivity contribution is 7.26. The number of benzene rings is 11. The van der Waals surface area contributed by atoms with Gasteiger partial charge in [0.05, 0.1) is 11.4 Å². The van der Waals surface area contributed by atoms with E-state index >= 15 is 0 Å². The smallest absolute Gasteiger partial charge is 0.0555 e. The van der Waals surface area contributed by atoms with Gasteiger partial charge in [0.15, 0.2) is 0 Å². The van der Waals surface area contributed by atoms with Crippen molar-refractivity contribution in [3.63, 3.8) is 0 Å². The van der Waals surface area contributed by atoms with Gasteiger partial charge in [0, 0.05) is 31.4 Å². The topological polar surface area (TPSA) is 3.24 Å². The Morgan fingerprint density at radius 3 is 1.66 bits per heavy atom. The molecule has 0 N–H and O–H groups in total. The molecule has 1 nitrogen and oxygen atoms in total. The summed E-state index contributed by atoms with van der Waals surface area (Å²) in [6.07, 6.45) is 0. The highest BCUT2D eigenvalue weighted by Gasteiger charge is 2.22. The molecule has 0 saturated carbocycles. The number of thiophene rings is 1. The van der Waals surface area contributed by atoms with Crippen molar-refractivity contribution in [1.82, 2.24) is 0 Å². The summed E-state index contributed by atoms with van der Waals surface area (Å²) in [6.45, 7) is 0. The normalized spacial score (nSPS) is 11.8. The van der Waals surface area contributed by atoms with E-state index < -0.39 is 0 Å². The van der Waals surface area contributed by atoms with E-state index in [0.717, 1.165) is 11.4 Å². The summed E-state index contributed by atoms with van der Waals surface area (Å²) >= 11 is 1.89. The molecular weight excluding hydrogens is 719 g/mol. The summed E-state index contributed by atoms with van der Waals surface area (Å²) in [7, 11) is 0. The van der Waals surface area contributed by atoms with Crippen molar-refractivity contribution in [2.24, 2.45) is 0 Å². The number of hydrogen-bond donors (Lipinski definition) is 0. The third-order valence-electron chi connectivity index (χ3n) is 12.0. The molecule has 0 aliphatic carbocycles. The van der Waals surface area contributed by atoms with Crippen LogP contribution in [0.3, 0.4) is 0 Å². The van der Waals surface area contributed by atoms with Crippen molar-refractivity contribution in [2.75, 3.05) is 4.90 Å². The number of nitrogens with zero attached hydrogens (tertiary/aromatic N) is 1. The zero-order chi connectivity index (χ0) is 38.2. The van der Waals surface area contributed by atoms with Crippen LogP contribution in [0.4, 0.5) is 17.1 Å². The van der Waals surface area contributed by atoms with Gasteiger partial charge in [0.1, 0.15) is 0 Å². The van der Waals surface area contributed by atoms with Crippen LogP contribution >= 0.6 is 11.3 Å². The maximum absolute atomic E-state index is 2.50. The molecule has 1 aromatic heterocycles. The molecule has 0 unspecified atom stereocenters. The van der Waals surface area contributed by atoms with Crippen LogP contribution in [0.1, 0.15) is 0 Å². The molecule has 0 amide bonds. The third kappa shape index (κ3) is 5.16. The van der Waals surface area contributed by atoms with Crippen molar-refractivity contribution in [1.29, 1.82) is 0 Å². The van der Waals surface area contributed by atoms with Gasteiger partial charge < -0.3 is 4.90 Å². The molecule has 0 atom stereocenters. The fourth-order valence-corrected chi connectivity index (χ4v) is 10.6. The predicted octanol–water partition coefficient (Wildman–Crippen LogP) is 16.6. The van der Waals surface area contributed by atoms with E-state index in [2.05, 4.69) is 217 Å². The minimum atomic E-state index is 1.13. The van der Waals surface area contributed by atoms with Gasteiger partial charge in [-0.15, -0.1) is 11.3 Å². The van der Waals surface area contributed by atoms with Gasteiger partial charge in [-0.25, -0.2) is 0 Å². The van der Waals surface area contributed by atoms with Gasteiger partial charge in [-0.05, 0) is 107 Å². The molecule has 58 heavy (non-hydrogen) atoms. The maximum atomic E-state index is 2.50. The minimum Gasteiger partial charge on any atom is -0.309 e. The molecule has 11 aromatic carbocycles. The fourth-order valence-electron chi connectivity index (χ4n) is 9.30. The first-order valence-corrected chi connectivity index (χ1v) is 20.7. The van der Waals surface area contributed by atoms with Gasteiger partial charge in [0.25, 0.3) is 0 Å². The monoisotopic (exact) mass is 753 g/mol. The Morgan fingerprint density at radius 1 is 0.310 bits per heavy atom. The highest BCUT2D eigenvalue weighted by Crippen LogP contribution is 2.49. The summed E-state index contributed by atoms with van der Waals surface area (Å²) in [6, 6.07) is 78.3. The van der Waals surface area contributed by atoms with Crippen molar-refractivity contribution in [3.8, 4) is 22.3 Å². The Hall–Kier alpha value is -7.26. The van der Waals surface area contributed by atoms with Crippen LogP contribution in [-0.4, -0.2) is 0 Å². The first kappa shape index (κ1) is 32.9. The van der Waals surface area contributed by atoms with Gasteiger partial charge >= 0.3 is 0 Å². The molecule has 0 bridgehead atoms. The first-order chi connectivity index (χ1) is 28.8. The van der Waals surface area contributed by atoms with E-state index in [4.69, 9.17) is 0 Å². The lowest BCUT2D eigenvalue weighted by Crippen LogP contribution is -2.11. The lowest BCUT2D eigenvalue weighted by atomic mass is 9.92. The van der Waals surface area contributed by atoms with E-state index in [1.54, 1.807) is 0 Å². The van der Waals surface area contributed by atoms with E-state index in [-0.39, 0.29) is 0 Å². The second-order valence-electron chi connectivity index (χ2n) is 15.2. The van der Waals surface area contributed by atoms with Crippen molar-refractivity contribution in [3.05, 3.63) is 212 Å². The Bertz CT molecular complexity index is 3580. The third-order valence-corrected chi connectivity index (χ3v) is 13.2. The zero-order valence-corrected chi connectivity index (χ0v) is 32.4. The Kier molecular flexibility index (Phi) is 7.47. The van der Waals surface area contributed by atoms with Crippen LogP contribution < -0.4 is 4.90 Å². The van der Waals surface area contributed by atoms with Crippen LogP contribution in [0.25, 0.3) is 96.3 Å². The summed E-state index contributed by atoms with van der Waals surface area (Å²) in [4.78, 5) is 2.50. The average molecular weight is 754 g/mol. The molecule has 0 radical (unpaired) electrons. The molecule has 2 heteroatoms. The second-order valence-corrected chi connectivity index (χ2v) is 16.3. The molecule has 270 valence electrons. The predicted molar refractivity (Wildman–Crippen MR) is 252 cm³/mol. The number of fused-ring (bicyclic) bond motifs is 11. The number of hydrogen-bond acceptors (Lipinski definition) is 2. The average Bonchev–Trinajstić information content (AvgIpc) is 3.69. The quantitative estimate of drug-likeness (QED) is 0.158. The number of anilines is 3. The molecule has 0 aliphatic rings. The summed E-state index contributed by atoms with van der Waals surface area (Å²) in [5, 5.41) is 15.3. The van der Waals surface area contributed by atoms with Crippen LogP contribution in [-0.2, 0) is 0 Å². The molecule has 0 fully saturated rings. The molecule has 0 aliphatic heterocycles. The zero-order valence-electron chi connectivity index (χ0n) is 31.6. The van der Waals surface area contributed by atoms with E-state index in [0.29, 0.717) is 0 Å². The van der Waals surface area contributed by atoms with E-state index in [9.17, 15) is 0 Å². The lowest BCUT2D eigenvalue weighted by Gasteiger charge is -2.29. The minimum absolute atomic E-state index is 1.13. The Labute approximate surface area is 340 Å². The van der Waals surface area contributed by atoms with E-state index in [1.165, 1.54) is 102 Å². The van der Waals surface area contributed by atoms with Gasteiger partial charge in [-0.3, -0.25) is 0 Å². The van der Waals surface area contributed by atoms with Crippen LogP contribution in [0.5, 0.6) is 0 Å². The van der Waals surface area contributed by atoms with Gasteiger partial charge in [0.2, 0.25) is 0 Å². The molecule has 0 saturated heterocycles. The van der Waals surface area contributed by atoms with E-state index in [1.807, 2.05) is 11.3 Å². The Balaban J connectivity index is 1.07. The van der Waals surface area contributed by atoms with Crippen molar-refractivity contribution < 1.29 is 0 Å². The van der Waals surface area contributed by atoms with Crippen LogP contribution in [0.2, 0.25) is 0 Å². The number of rotatable bonds is 5. The second kappa shape index (κ2) is 13.2. The molecular formula is C56H35NS. The SMILES string of the molecule is c1ccc(N(c2ccc3c(ccc4ccccc43)c2)c2cccc3sc4c5ccccc5ccc4c23)c(-c2ccc(-c3cc4ccccc4c4ccccc34)cc2)c1. The standard InChI is InChI=1S/C56H35NS/c1-4-15-43-36(12-1)28-29-41-34-42(31-33-45(41)43)57(53-22-11-23-54-55(53)50-32-30-37-13-2-6-18-47(37)56(50)58-54)52-21-10-9-17-46(52)38-24-26-39(27-25-38)51-35-40-14-3-5-16-44(40)48-19-7-8-20-49(48)51/h1-35H. The van der Waals surface area contributed by atoms with Crippen molar-refractivity contribution in [2.45, 2.75) is 0 Å². The summed E-state index contributed by atoms with van der Waals surface area (Å²) in [5.41, 5.74) is 8.26. The number of para-hydroxylation sites is 1. The fraction of sp³-hybridized carbons (Fsp3) is 0. The molecule has 12 rings (SSSR count). The molecule has 12 aromatic rings. The first-order valence-electron chi connectivity index (χ1n) is 19.9. The van der Waals surface area contributed by atoms with Crippen LogP contribution in [0, 0.1) is 0 Å².